The minimum Gasteiger partial charge on any atom is -0.496 e. The van der Waals surface area contributed by atoms with Crippen molar-refractivity contribution in [2.24, 2.45) is 5.73 Å². The largest absolute Gasteiger partial charge is 0.496 e. The molecule has 3 N–H and O–H groups in total. The number of hydrogen-bond acceptors (Lipinski definition) is 5. The lowest BCUT2D eigenvalue weighted by Crippen LogP contribution is -2.13. The molecule has 0 bridgehead atoms. The quantitative estimate of drug-likeness (QED) is 0.857. The lowest BCUT2D eigenvalue weighted by Gasteiger charge is -2.09. The molecule has 1 aromatic heterocycles. The Balaban J connectivity index is 2.38. The van der Waals surface area contributed by atoms with E-state index >= 15 is 0 Å². The molecule has 19 heavy (non-hydrogen) atoms. The maximum Gasteiger partial charge on any atom is 0.130 e. The maximum atomic E-state index is 13.3. The van der Waals surface area contributed by atoms with Gasteiger partial charge in [-0.25, -0.2) is 14.4 Å². The second-order valence-corrected chi connectivity index (χ2v) is 3.85. The number of nitrogens with one attached hydrogen (secondary N) is 1. The zero-order chi connectivity index (χ0) is 13.7. The van der Waals surface area contributed by atoms with Gasteiger partial charge in [-0.05, 0) is 18.2 Å². The van der Waals surface area contributed by atoms with E-state index in [0.717, 1.165) is 0 Å². The van der Waals surface area contributed by atoms with Crippen molar-refractivity contribution in [1.82, 2.24) is 9.97 Å². The lowest BCUT2D eigenvalue weighted by molar-refractivity contribution is 0.415. The number of methoxy groups -OCH3 is 1. The Morgan fingerprint density at radius 3 is 2.89 bits per heavy atom. The highest BCUT2D eigenvalue weighted by atomic mass is 19.1. The van der Waals surface area contributed by atoms with Crippen LogP contribution in [0, 0.1) is 5.82 Å². The fraction of sp³-hybridized carbons (Fsp3) is 0.231. The molecule has 0 unspecified atom stereocenters. The molecular formula is C13H15FN4O. The molecule has 0 saturated heterocycles. The summed E-state index contributed by atoms with van der Waals surface area (Å²) in [7, 11) is 1.53. The molecule has 1 heterocycles. The average molecular weight is 262 g/mol. The average Bonchev–Trinajstić information content (AvgIpc) is 2.45. The van der Waals surface area contributed by atoms with Crippen molar-refractivity contribution in [3.8, 4) is 17.0 Å². The van der Waals surface area contributed by atoms with Gasteiger partial charge in [0.25, 0.3) is 0 Å². The summed E-state index contributed by atoms with van der Waals surface area (Å²) < 4.78 is 18.5. The number of aromatic nitrogens is 2. The number of benzene rings is 1. The van der Waals surface area contributed by atoms with Crippen LogP contribution in [0.1, 0.15) is 0 Å². The van der Waals surface area contributed by atoms with Gasteiger partial charge < -0.3 is 15.8 Å². The van der Waals surface area contributed by atoms with E-state index in [4.69, 9.17) is 10.5 Å². The van der Waals surface area contributed by atoms with Gasteiger partial charge in [-0.1, -0.05) is 0 Å². The van der Waals surface area contributed by atoms with Gasteiger partial charge in [0, 0.05) is 24.7 Å². The van der Waals surface area contributed by atoms with Crippen LogP contribution in [-0.4, -0.2) is 30.2 Å². The number of nitrogens with two attached hydrogens (primary N) is 1. The van der Waals surface area contributed by atoms with Gasteiger partial charge in [-0.3, -0.25) is 0 Å². The van der Waals surface area contributed by atoms with Crippen molar-refractivity contribution in [1.29, 1.82) is 0 Å². The standard InChI is InChI=1S/C13H15FN4O/c1-19-12-3-2-9(14)6-10(12)11-7-13(16-5-4-15)18-8-17-11/h2-3,6-8H,4-5,15H2,1H3,(H,16,17,18). The van der Waals surface area contributed by atoms with Crippen LogP contribution in [-0.2, 0) is 0 Å². The minimum absolute atomic E-state index is 0.342. The van der Waals surface area contributed by atoms with Gasteiger partial charge >= 0.3 is 0 Å². The molecule has 0 radical (unpaired) electrons. The van der Waals surface area contributed by atoms with Crippen LogP contribution in [0.3, 0.4) is 0 Å². The van der Waals surface area contributed by atoms with Crippen molar-refractivity contribution in [2.75, 3.05) is 25.5 Å². The summed E-state index contributed by atoms with van der Waals surface area (Å²) in [5, 5.41) is 3.05. The second kappa shape index (κ2) is 6.10. The number of ether oxygens (including phenoxy) is 1. The third-order valence-electron chi connectivity index (χ3n) is 2.56. The topological polar surface area (TPSA) is 73.1 Å². The zero-order valence-corrected chi connectivity index (χ0v) is 10.6. The van der Waals surface area contributed by atoms with Crippen LogP contribution < -0.4 is 15.8 Å². The van der Waals surface area contributed by atoms with Crippen molar-refractivity contribution in [3.05, 3.63) is 36.4 Å². The van der Waals surface area contributed by atoms with Crippen molar-refractivity contribution >= 4 is 5.82 Å². The summed E-state index contributed by atoms with van der Waals surface area (Å²) in [5.41, 5.74) is 6.59. The van der Waals surface area contributed by atoms with Crippen LogP contribution in [0.2, 0.25) is 0 Å². The molecule has 0 atom stereocenters. The van der Waals surface area contributed by atoms with Crippen molar-refractivity contribution < 1.29 is 9.13 Å². The SMILES string of the molecule is COc1ccc(F)cc1-c1cc(NCCN)ncn1. The number of nitrogens with zero attached hydrogens (tertiary/aromatic N) is 2. The predicted molar refractivity (Wildman–Crippen MR) is 71.5 cm³/mol. The van der Waals surface area contributed by atoms with Crippen LogP contribution in [0.5, 0.6) is 5.75 Å². The molecule has 2 aromatic rings. The Kier molecular flexibility index (Phi) is 4.25. The van der Waals surface area contributed by atoms with E-state index in [1.54, 1.807) is 12.1 Å². The Hall–Kier alpha value is -2.21. The monoisotopic (exact) mass is 262 g/mol. The summed E-state index contributed by atoms with van der Waals surface area (Å²) >= 11 is 0. The highest BCUT2D eigenvalue weighted by Crippen LogP contribution is 2.29. The highest BCUT2D eigenvalue weighted by Gasteiger charge is 2.09. The molecule has 0 aliphatic carbocycles. The van der Waals surface area contributed by atoms with E-state index in [2.05, 4.69) is 15.3 Å². The van der Waals surface area contributed by atoms with E-state index < -0.39 is 0 Å². The molecule has 0 aliphatic rings. The third kappa shape index (κ3) is 3.17. The Morgan fingerprint density at radius 2 is 2.16 bits per heavy atom. The first-order chi connectivity index (χ1) is 9.24. The van der Waals surface area contributed by atoms with E-state index in [-0.39, 0.29) is 5.82 Å². The number of halogens is 1. The highest BCUT2D eigenvalue weighted by molar-refractivity contribution is 5.69. The van der Waals surface area contributed by atoms with Gasteiger partial charge in [-0.2, -0.15) is 0 Å². The molecule has 2 rings (SSSR count). The fourth-order valence-corrected chi connectivity index (χ4v) is 1.68. The number of rotatable bonds is 5. The smallest absolute Gasteiger partial charge is 0.130 e. The van der Waals surface area contributed by atoms with Crippen molar-refractivity contribution in [2.45, 2.75) is 0 Å². The zero-order valence-electron chi connectivity index (χ0n) is 10.6. The normalized spacial score (nSPS) is 10.3. The van der Waals surface area contributed by atoms with Crippen LogP contribution in [0.25, 0.3) is 11.3 Å². The Bertz CT molecular complexity index is 562. The van der Waals surface area contributed by atoms with Crippen LogP contribution in [0.4, 0.5) is 10.2 Å². The van der Waals surface area contributed by atoms with Crippen LogP contribution in [0.15, 0.2) is 30.6 Å². The van der Waals surface area contributed by atoms with Gasteiger partial charge in [0.1, 0.15) is 23.7 Å². The molecule has 0 aliphatic heterocycles. The summed E-state index contributed by atoms with van der Waals surface area (Å²) in [6.07, 6.45) is 1.42. The molecule has 5 nitrogen and oxygen atoms in total. The van der Waals surface area contributed by atoms with Gasteiger partial charge in [0.15, 0.2) is 0 Å². The summed E-state index contributed by atoms with van der Waals surface area (Å²) in [6.45, 7) is 1.11. The first-order valence-corrected chi connectivity index (χ1v) is 5.84. The first-order valence-electron chi connectivity index (χ1n) is 5.84. The summed E-state index contributed by atoms with van der Waals surface area (Å²) in [5.74, 6) is 0.859. The molecule has 1 aromatic carbocycles. The molecule has 0 spiro atoms. The second-order valence-electron chi connectivity index (χ2n) is 3.85. The third-order valence-corrected chi connectivity index (χ3v) is 2.56. The van der Waals surface area contributed by atoms with Gasteiger partial charge in [-0.15, -0.1) is 0 Å². The Labute approximate surface area is 110 Å². The predicted octanol–water partition coefficient (Wildman–Crippen LogP) is 1.66. The summed E-state index contributed by atoms with van der Waals surface area (Å²) in [6, 6.07) is 6.03. The first kappa shape index (κ1) is 13.2. The fourth-order valence-electron chi connectivity index (χ4n) is 1.68. The van der Waals surface area contributed by atoms with E-state index in [9.17, 15) is 4.39 Å². The van der Waals surface area contributed by atoms with E-state index in [0.29, 0.717) is 35.9 Å². The molecule has 6 heteroatoms. The minimum atomic E-state index is -0.342. The maximum absolute atomic E-state index is 13.3. The lowest BCUT2D eigenvalue weighted by atomic mass is 10.1. The molecule has 100 valence electrons. The Morgan fingerprint density at radius 1 is 1.32 bits per heavy atom. The molecule has 0 amide bonds. The number of anilines is 1. The molecular weight excluding hydrogens is 247 g/mol. The van der Waals surface area contributed by atoms with E-state index in [1.807, 2.05) is 0 Å². The van der Waals surface area contributed by atoms with Gasteiger partial charge in [0.2, 0.25) is 0 Å². The van der Waals surface area contributed by atoms with Crippen molar-refractivity contribution in [3.63, 3.8) is 0 Å². The van der Waals surface area contributed by atoms with E-state index in [1.165, 1.54) is 25.6 Å². The molecule has 0 fully saturated rings. The number of hydrogen-bond donors (Lipinski definition) is 2. The van der Waals surface area contributed by atoms with Crippen LogP contribution >= 0.6 is 0 Å². The molecule has 0 saturated carbocycles. The summed E-state index contributed by atoms with van der Waals surface area (Å²) in [4.78, 5) is 8.21. The van der Waals surface area contributed by atoms with Gasteiger partial charge in [0.05, 0.1) is 12.8 Å².